The molecule has 8 heteroatoms. The van der Waals surface area contributed by atoms with Crippen LogP contribution in [0.2, 0.25) is 0 Å². The Morgan fingerprint density at radius 1 is 0.629 bits per heavy atom. The lowest BCUT2D eigenvalue weighted by Gasteiger charge is -2.15. The highest BCUT2D eigenvalue weighted by Crippen LogP contribution is 2.50. The summed E-state index contributed by atoms with van der Waals surface area (Å²) in [6, 6.07) is 13.4. The maximum atomic E-state index is 13.4. The second-order valence-corrected chi connectivity index (χ2v) is 8.78. The van der Waals surface area contributed by atoms with E-state index >= 15 is 0 Å². The Hall–Kier alpha value is -3.81. The van der Waals surface area contributed by atoms with Gasteiger partial charge in [0.2, 0.25) is 0 Å². The molecule has 0 amide bonds. The third kappa shape index (κ3) is 3.38. The second kappa shape index (κ2) is 7.10. The van der Waals surface area contributed by atoms with Gasteiger partial charge in [0.15, 0.2) is 0 Å². The molecule has 1 heterocycles. The standard InChI is InChI=1S/C27H15F6NO/c28-26(29,30)16-5-1-14-9-21-23(13-3-7-18(35)8-4-13)22-10-15-2-6-17(27(31,32)33)12-20(15)25(22)34-24(21)19(14)11-16/h1-8,11-12,35H,9-10H2. The zero-order valence-electron chi connectivity index (χ0n) is 17.8. The van der Waals surface area contributed by atoms with Crippen LogP contribution < -0.4 is 0 Å². The van der Waals surface area contributed by atoms with Gasteiger partial charge in [-0.3, -0.25) is 0 Å². The third-order valence-corrected chi connectivity index (χ3v) is 6.67. The molecule has 3 aromatic carbocycles. The number of nitrogens with zero attached hydrogens (tertiary/aromatic N) is 1. The lowest BCUT2D eigenvalue weighted by molar-refractivity contribution is -0.138. The molecule has 2 aliphatic carbocycles. The average Bonchev–Trinajstić information content (AvgIpc) is 3.34. The zero-order valence-corrected chi connectivity index (χ0v) is 17.8. The quantitative estimate of drug-likeness (QED) is 0.244. The Morgan fingerprint density at radius 3 is 1.51 bits per heavy atom. The summed E-state index contributed by atoms with van der Waals surface area (Å²) in [6.07, 6.45) is -8.38. The van der Waals surface area contributed by atoms with E-state index in [2.05, 4.69) is 4.98 Å². The molecule has 4 aromatic rings. The number of aromatic nitrogens is 1. The molecule has 6 rings (SSSR count). The number of benzene rings is 3. The molecule has 0 bridgehead atoms. The molecule has 1 N–H and O–H groups in total. The molecule has 2 aliphatic rings. The van der Waals surface area contributed by atoms with Gasteiger partial charge < -0.3 is 5.11 Å². The van der Waals surface area contributed by atoms with Crippen molar-refractivity contribution in [3.8, 4) is 39.4 Å². The Kier molecular flexibility index (Phi) is 4.40. The number of hydrogen-bond acceptors (Lipinski definition) is 2. The van der Waals surface area contributed by atoms with Gasteiger partial charge in [0.1, 0.15) is 5.75 Å². The summed E-state index contributed by atoms with van der Waals surface area (Å²) in [6.45, 7) is 0. The van der Waals surface area contributed by atoms with E-state index in [1.165, 1.54) is 24.3 Å². The van der Waals surface area contributed by atoms with Gasteiger partial charge in [0, 0.05) is 24.0 Å². The van der Waals surface area contributed by atoms with Gasteiger partial charge in [-0.1, -0.05) is 24.3 Å². The summed E-state index contributed by atoms with van der Waals surface area (Å²) in [5.41, 5.74) is 3.99. The first-order valence-corrected chi connectivity index (χ1v) is 10.8. The van der Waals surface area contributed by atoms with Crippen molar-refractivity contribution in [2.45, 2.75) is 25.2 Å². The summed E-state index contributed by atoms with van der Waals surface area (Å²) >= 11 is 0. The number of halogens is 6. The number of alkyl halides is 6. The topological polar surface area (TPSA) is 33.1 Å². The average molecular weight is 483 g/mol. The number of rotatable bonds is 1. The Morgan fingerprint density at radius 2 is 1.09 bits per heavy atom. The fraction of sp³-hybridized carbons (Fsp3) is 0.148. The van der Waals surface area contributed by atoms with Gasteiger partial charge in [-0.15, -0.1) is 0 Å². The summed E-state index contributed by atoms with van der Waals surface area (Å²) < 4.78 is 80.6. The maximum absolute atomic E-state index is 13.4. The molecule has 0 unspecified atom stereocenters. The van der Waals surface area contributed by atoms with Gasteiger partial charge in [-0.05, 0) is 69.8 Å². The minimum absolute atomic E-state index is 0.0484. The van der Waals surface area contributed by atoms with Crippen molar-refractivity contribution in [1.82, 2.24) is 4.98 Å². The molecule has 0 radical (unpaired) electrons. The lowest BCUT2D eigenvalue weighted by atomic mass is 9.92. The number of fused-ring (bicyclic) bond motifs is 6. The maximum Gasteiger partial charge on any atom is 0.416 e. The highest BCUT2D eigenvalue weighted by molar-refractivity contribution is 5.91. The first-order valence-electron chi connectivity index (χ1n) is 10.8. The Bertz CT molecular complexity index is 1430. The first-order chi connectivity index (χ1) is 16.5. The Balaban J connectivity index is 1.64. The smallest absolute Gasteiger partial charge is 0.416 e. The van der Waals surface area contributed by atoms with Crippen LogP contribution in [0.3, 0.4) is 0 Å². The number of hydrogen-bond donors (Lipinski definition) is 1. The van der Waals surface area contributed by atoms with Crippen LogP contribution in [-0.2, 0) is 25.2 Å². The van der Waals surface area contributed by atoms with E-state index in [4.69, 9.17) is 0 Å². The van der Waals surface area contributed by atoms with Gasteiger partial charge in [0.25, 0.3) is 0 Å². The minimum Gasteiger partial charge on any atom is -0.508 e. The number of phenols is 1. The van der Waals surface area contributed by atoms with Gasteiger partial charge in [-0.2, -0.15) is 26.3 Å². The molecular formula is C27H15F6NO. The van der Waals surface area contributed by atoms with Crippen LogP contribution in [0.5, 0.6) is 5.75 Å². The van der Waals surface area contributed by atoms with Crippen molar-refractivity contribution in [1.29, 1.82) is 0 Å². The second-order valence-electron chi connectivity index (χ2n) is 8.78. The normalized spacial score (nSPS) is 13.9. The SMILES string of the molecule is Oc1ccc(-c2c3c(nc4c2Cc2ccc(C(F)(F)F)cc2-4)-c2cc(C(F)(F)F)ccc2C3)cc1. The van der Waals surface area contributed by atoms with Crippen molar-refractivity contribution in [3.05, 3.63) is 94.0 Å². The van der Waals surface area contributed by atoms with Gasteiger partial charge >= 0.3 is 12.4 Å². The van der Waals surface area contributed by atoms with Crippen LogP contribution in [0.4, 0.5) is 26.3 Å². The molecule has 35 heavy (non-hydrogen) atoms. The molecule has 1 aromatic heterocycles. The van der Waals surface area contributed by atoms with Crippen LogP contribution in [0.15, 0.2) is 60.7 Å². The largest absolute Gasteiger partial charge is 0.508 e. The van der Waals surface area contributed by atoms with Crippen LogP contribution in [-0.4, -0.2) is 10.1 Å². The fourth-order valence-corrected chi connectivity index (χ4v) is 5.07. The molecule has 0 spiro atoms. The number of phenolic OH excluding ortho intramolecular Hbond substituents is 1. The number of aromatic hydroxyl groups is 1. The summed E-state index contributed by atoms with van der Waals surface area (Å²) in [5.74, 6) is 0.0484. The highest BCUT2D eigenvalue weighted by Gasteiger charge is 2.37. The molecule has 2 nitrogen and oxygen atoms in total. The molecular weight excluding hydrogens is 468 g/mol. The van der Waals surface area contributed by atoms with Crippen molar-refractivity contribution in [3.63, 3.8) is 0 Å². The number of pyridine rings is 1. The Labute approximate surface area is 195 Å². The summed E-state index contributed by atoms with van der Waals surface area (Å²) in [4.78, 5) is 4.68. The van der Waals surface area contributed by atoms with E-state index in [9.17, 15) is 31.4 Å². The predicted molar refractivity (Wildman–Crippen MR) is 118 cm³/mol. The van der Waals surface area contributed by atoms with E-state index in [1.54, 1.807) is 12.1 Å². The summed E-state index contributed by atoms with van der Waals surface area (Å²) in [7, 11) is 0. The van der Waals surface area contributed by atoms with Gasteiger partial charge in [-0.25, -0.2) is 4.98 Å². The zero-order chi connectivity index (χ0) is 24.7. The molecule has 0 saturated heterocycles. The van der Waals surface area contributed by atoms with E-state index in [-0.39, 0.29) is 5.75 Å². The first kappa shape index (κ1) is 21.7. The van der Waals surface area contributed by atoms with Crippen LogP contribution in [0.25, 0.3) is 33.6 Å². The molecule has 0 aliphatic heterocycles. The van der Waals surface area contributed by atoms with Crippen LogP contribution >= 0.6 is 0 Å². The molecule has 0 fully saturated rings. The van der Waals surface area contributed by atoms with E-state index < -0.39 is 23.5 Å². The summed E-state index contributed by atoms with van der Waals surface area (Å²) in [5, 5.41) is 9.76. The van der Waals surface area contributed by atoms with Crippen molar-refractivity contribution in [2.75, 3.05) is 0 Å². The van der Waals surface area contributed by atoms with E-state index in [1.807, 2.05) is 0 Å². The van der Waals surface area contributed by atoms with Gasteiger partial charge in [0.05, 0.1) is 22.5 Å². The molecule has 0 saturated carbocycles. The third-order valence-electron chi connectivity index (χ3n) is 6.67. The van der Waals surface area contributed by atoms with Crippen molar-refractivity contribution in [2.24, 2.45) is 0 Å². The van der Waals surface area contributed by atoms with E-state index in [0.717, 1.165) is 41.0 Å². The van der Waals surface area contributed by atoms with E-state index in [0.29, 0.717) is 52.0 Å². The highest BCUT2D eigenvalue weighted by atomic mass is 19.4. The predicted octanol–water partition coefficient (Wildman–Crippen LogP) is 7.63. The molecule has 176 valence electrons. The monoisotopic (exact) mass is 483 g/mol. The fourth-order valence-electron chi connectivity index (χ4n) is 5.07. The van der Waals surface area contributed by atoms with Crippen molar-refractivity contribution < 1.29 is 31.4 Å². The minimum atomic E-state index is -4.54. The van der Waals surface area contributed by atoms with Crippen LogP contribution in [0, 0.1) is 0 Å². The lowest BCUT2D eigenvalue weighted by Crippen LogP contribution is -2.05. The van der Waals surface area contributed by atoms with Crippen LogP contribution in [0.1, 0.15) is 33.4 Å². The van der Waals surface area contributed by atoms with Crippen molar-refractivity contribution >= 4 is 0 Å². The molecule has 0 atom stereocenters.